The minimum atomic E-state index is -4.77. The van der Waals surface area contributed by atoms with E-state index in [1.54, 1.807) is 30.3 Å². The van der Waals surface area contributed by atoms with E-state index in [-0.39, 0.29) is 40.0 Å². The molecular weight excluding hydrogens is 589 g/mol. The highest BCUT2D eigenvalue weighted by molar-refractivity contribution is 7.89. The first-order chi connectivity index (χ1) is 20.4. The summed E-state index contributed by atoms with van der Waals surface area (Å²) in [5.74, 6) is -1.05. The molecule has 222 valence electrons. The van der Waals surface area contributed by atoms with Gasteiger partial charge in [-0.2, -0.15) is 23.3 Å². The fourth-order valence-electron chi connectivity index (χ4n) is 4.23. The maximum absolute atomic E-state index is 14.0. The molecule has 3 aromatic carbocycles. The minimum Gasteiger partial charge on any atom is -0.378 e. The van der Waals surface area contributed by atoms with Gasteiger partial charge in [0.15, 0.2) is 11.8 Å². The number of halogens is 3. The van der Waals surface area contributed by atoms with Crippen molar-refractivity contribution < 1.29 is 36.0 Å². The normalized spacial score (nSPS) is 12.7. The second-order valence-corrected chi connectivity index (χ2v) is 10.9. The highest BCUT2D eigenvalue weighted by atomic mass is 32.2. The van der Waals surface area contributed by atoms with Gasteiger partial charge in [-0.25, -0.2) is 18.2 Å². The Balaban J connectivity index is 1.25. The lowest BCUT2D eigenvalue weighted by Gasteiger charge is -2.12. The van der Waals surface area contributed by atoms with Crippen LogP contribution in [-0.2, 0) is 27.4 Å². The number of rotatable bonds is 9. The molecule has 0 aliphatic rings. The van der Waals surface area contributed by atoms with Gasteiger partial charge in [-0.05, 0) is 41.8 Å². The number of amides is 1. The molecule has 0 fully saturated rings. The summed E-state index contributed by atoms with van der Waals surface area (Å²) in [5.41, 5.74) is 0.126. The lowest BCUT2D eigenvalue weighted by atomic mass is 10.1. The number of carbonyl (C=O) groups excluding carboxylic acids is 1. The van der Waals surface area contributed by atoms with Gasteiger partial charge in [0.1, 0.15) is 0 Å². The van der Waals surface area contributed by atoms with Crippen LogP contribution in [0.25, 0.3) is 28.5 Å². The van der Waals surface area contributed by atoms with Crippen LogP contribution < -0.4 is 10.5 Å². The number of carbonyl (C=O) groups is 1. The van der Waals surface area contributed by atoms with E-state index in [4.69, 9.17) is 9.66 Å². The average molecular weight is 613 g/mol. The number of aliphatic hydroxyl groups excluding tert-OH is 1. The molecule has 1 amide bonds. The van der Waals surface area contributed by atoms with Gasteiger partial charge in [-0.15, -0.1) is 0 Å². The van der Waals surface area contributed by atoms with Crippen LogP contribution in [0.2, 0.25) is 0 Å². The Bertz CT molecular complexity index is 1840. The molecular formula is C28H23F3N6O5S. The number of para-hydroxylation sites is 1. The molecule has 0 bridgehead atoms. The van der Waals surface area contributed by atoms with Crippen LogP contribution in [0.5, 0.6) is 0 Å². The zero-order valence-corrected chi connectivity index (χ0v) is 22.9. The summed E-state index contributed by atoms with van der Waals surface area (Å²) in [7, 11) is -3.80. The summed E-state index contributed by atoms with van der Waals surface area (Å²) < 4.78 is 70.6. The molecule has 0 aliphatic carbocycles. The summed E-state index contributed by atoms with van der Waals surface area (Å²) in [6, 6.07) is 19.6. The Morgan fingerprint density at radius 1 is 1.02 bits per heavy atom. The maximum atomic E-state index is 14.0. The molecule has 43 heavy (non-hydrogen) atoms. The van der Waals surface area contributed by atoms with Crippen molar-refractivity contribution in [2.75, 3.05) is 6.54 Å². The third-order valence-corrected chi connectivity index (χ3v) is 7.32. The van der Waals surface area contributed by atoms with Crippen LogP contribution >= 0.6 is 0 Å². The predicted molar refractivity (Wildman–Crippen MR) is 147 cm³/mol. The van der Waals surface area contributed by atoms with Crippen molar-refractivity contribution in [2.24, 2.45) is 5.14 Å². The number of nitrogens with one attached hydrogen (secondary N) is 1. The van der Waals surface area contributed by atoms with E-state index >= 15 is 0 Å². The van der Waals surface area contributed by atoms with Gasteiger partial charge in [0, 0.05) is 12.1 Å². The fraction of sp³-hybridized carbons (Fsp3) is 0.143. The molecule has 4 N–H and O–H groups in total. The Morgan fingerprint density at radius 2 is 1.70 bits per heavy atom. The van der Waals surface area contributed by atoms with Crippen LogP contribution in [0.1, 0.15) is 22.9 Å². The highest BCUT2D eigenvalue weighted by Gasteiger charge is 2.40. The van der Waals surface area contributed by atoms with E-state index in [2.05, 4.69) is 20.6 Å². The molecule has 2 heterocycles. The molecule has 1 atom stereocenters. The molecule has 0 saturated heterocycles. The Labute approximate surface area is 242 Å². The number of nitrogens with two attached hydrogens (primary N) is 1. The summed E-state index contributed by atoms with van der Waals surface area (Å²) in [6.45, 7) is 0.176. The summed E-state index contributed by atoms with van der Waals surface area (Å²) in [6.07, 6.45) is -4.89. The fourth-order valence-corrected chi connectivity index (χ4v) is 4.75. The van der Waals surface area contributed by atoms with Crippen LogP contribution in [0, 0.1) is 0 Å². The molecule has 11 nitrogen and oxygen atoms in total. The van der Waals surface area contributed by atoms with Gasteiger partial charge in [-0.1, -0.05) is 59.8 Å². The summed E-state index contributed by atoms with van der Waals surface area (Å²) in [4.78, 5) is 16.5. The summed E-state index contributed by atoms with van der Waals surface area (Å²) in [5, 5.41) is 25.8. The lowest BCUT2D eigenvalue weighted by molar-refractivity contribution is -0.142. The Hall–Kier alpha value is -4.86. The quantitative estimate of drug-likeness (QED) is 0.227. The second-order valence-electron chi connectivity index (χ2n) is 9.33. The first kappa shape index (κ1) is 29.6. The first-order valence-corrected chi connectivity index (χ1v) is 14.2. The molecule has 5 aromatic rings. The zero-order chi connectivity index (χ0) is 30.8. The monoisotopic (exact) mass is 612 g/mol. The molecule has 0 spiro atoms. The van der Waals surface area contributed by atoms with E-state index in [9.17, 15) is 31.5 Å². The Kier molecular flexibility index (Phi) is 8.12. The van der Waals surface area contributed by atoms with Gasteiger partial charge in [0.05, 0.1) is 22.3 Å². The topological polar surface area (TPSA) is 166 Å². The van der Waals surface area contributed by atoms with Crippen LogP contribution in [0.15, 0.2) is 94.5 Å². The van der Waals surface area contributed by atoms with Crippen molar-refractivity contribution in [3.8, 4) is 28.5 Å². The third-order valence-electron chi connectivity index (χ3n) is 6.39. The number of nitrogens with zero attached hydrogens (tertiary/aromatic N) is 4. The standard InChI is InChI=1S/C28H23F3N6O5S/c29-28(30,31)24-22(16-34-37(24)20-4-2-1-3-5-20)27-35-25(36-42-27)19-10-8-18(9-11-19)23(38)26(39)33-15-14-17-6-12-21(13-7-17)43(32,40)41/h1-13,16,23,38H,14-15H2,(H,33,39)(H2,32,40,41)/t23-/m1/s1. The van der Waals surface area contributed by atoms with Gasteiger partial charge >= 0.3 is 6.18 Å². The van der Waals surface area contributed by atoms with Crippen LogP contribution in [0.3, 0.4) is 0 Å². The van der Waals surface area contributed by atoms with Crippen LogP contribution in [0.4, 0.5) is 13.2 Å². The van der Waals surface area contributed by atoms with Gasteiger partial charge < -0.3 is 14.9 Å². The van der Waals surface area contributed by atoms with E-state index in [0.717, 1.165) is 16.4 Å². The van der Waals surface area contributed by atoms with E-state index in [1.165, 1.54) is 48.5 Å². The van der Waals surface area contributed by atoms with Gasteiger partial charge in [-0.3, -0.25) is 4.79 Å². The molecule has 0 saturated carbocycles. The number of hydrogen-bond donors (Lipinski definition) is 3. The number of benzene rings is 3. The van der Waals surface area contributed by atoms with Crippen LogP contribution in [-0.4, -0.2) is 45.9 Å². The molecule has 0 radical (unpaired) electrons. The van der Waals surface area contributed by atoms with E-state index < -0.39 is 33.9 Å². The third kappa shape index (κ3) is 6.63. The highest BCUT2D eigenvalue weighted by Crippen LogP contribution is 2.38. The molecule has 0 aliphatic heterocycles. The van der Waals surface area contributed by atoms with Gasteiger partial charge in [0.25, 0.3) is 11.8 Å². The molecule has 0 unspecified atom stereocenters. The number of hydrogen-bond acceptors (Lipinski definition) is 8. The number of primary sulfonamides is 1. The first-order valence-electron chi connectivity index (χ1n) is 12.6. The van der Waals surface area contributed by atoms with Crippen molar-refractivity contribution in [3.05, 3.63) is 102 Å². The zero-order valence-electron chi connectivity index (χ0n) is 22.1. The predicted octanol–water partition coefficient (Wildman–Crippen LogP) is 3.65. The smallest absolute Gasteiger partial charge is 0.378 e. The van der Waals surface area contributed by atoms with Crippen molar-refractivity contribution in [3.63, 3.8) is 0 Å². The second kappa shape index (κ2) is 11.8. The van der Waals surface area contributed by atoms with Crippen molar-refractivity contribution >= 4 is 15.9 Å². The SMILES string of the molecule is NS(=O)(=O)c1ccc(CCNC(=O)[C@H](O)c2ccc(-c3noc(-c4cnn(-c5ccccc5)c4C(F)(F)F)n3)cc2)cc1. The van der Waals surface area contributed by atoms with Crippen molar-refractivity contribution in [2.45, 2.75) is 23.6 Å². The van der Waals surface area contributed by atoms with Crippen molar-refractivity contribution in [1.82, 2.24) is 25.2 Å². The maximum Gasteiger partial charge on any atom is 0.434 e. The number of aromatic nitrogens is 4. The molecule has 5 rings (SSSR count). The number of alkyl halides is 3. The Morgan fingerprint density at radius 3 is 2.33 bits per heavy atom. The van der Waals surface area contributed by atoms with Crippen molar-refractivity contribution in [1.29, 1.82) is 0 Å². The summed E-state index contributed by atoms with van der Waals surface area (Å²) >= 11 is 0. The van der Waals surface area contributed by atoms with Gasteiger partial charge in [0.2, 0.25) is 15.8 Å². The molecule has 15 heteroatoms. The van der Waals surface area contributed by atoms with E-state index in [1.807, 2.05) is 0 Å². The molecule has 2 aromatic heterocycles. The minimum absolute atomic E-state index is 0.00506. The number of sulfonamides is 1. The van der Waals surface area contributed by atoms with E-state index in [0.29, 0.717) is 12.0 Å². The average Bonchev–Trinajstić information content (AvgIpc) is 3.65. The largest absolute Gasteiger partial charge is 0.434 e. The number of aliphatic hydroxyl groups is 1. The lowest BCUT2D eigenvalue weighted by Crippen LogP contribution is -2.31.